The number of nitro benzene ring substituents is 1. The Kier molecular flexibility index (Phi) is 3.01. The molecule has 0 spiro atoms. The Balaban J connectivity index is 3.30. The van der Waals surface area contributed by atoms with Crippen molar-refractivity contribution in [2.75, 3.05) is 0 Å². The minimum absolute atomic E-state index is 0.387. The van der Waals surface area contributed by atoms with Crippen molar-refractivity contribution in [3.63, 3.8) is 0 Å². The molecule has 0 aromatic heterocycles. The van der Waals surface area contributed by atoms with Gasteiger partial charge in [0.25, 0.3) is 10.1 Å². The van der Waals surface area contributed by atoms with Crippen molar-refractivity contribution in [1.29, 1.82) is 0 Å². The SMILES string of the molecule is O=[N+]([O-])c1c(F)cccc1CS(=O)(=O)O. The molecule has 0 unspecified atom stereocenters. The maximum Gasteiger partial charge on any atom is 0.309 e. The van der Waals surface area contributed by atoms with E-state index in [1.54, 1.807) is 0 Å². The average Bonchev–Trinajstić information content (AvgIpc) is 1.99. The lowest BCUT2D eigenvalue weighted by Crippen LogP contribution is -2.05. The molecule has 6 nitrogen and oxygen atoms in total. The number of nitro groups is 1. The van der Waals surface area contributed by atoms with Gasteiger partial charge in [-0.15, -0.1) is 0 Å². The molecule has 1 N–H and O–H groups in total. The van der Waals surface area contributed by atoms with Crippen LogP contribution in [0.1, 0.15) is 5.56 Å². The first-order valence-electron chi connectivity index (χ1n) is 3.68. The summed E-state index contributed by atoms with van der Waals surface area (Å²) in [5, 5.41) is 10.4. The second-order valence-electron chi connectivity index (χ2n) is 2.73. The predicted octanol–water partition coefficient (Wildman–Crippen LogP) is 1.12. The summed E-state index contributed by atoms with van der Waals surface area (Å²) in [5.74, 6) is -2.12. The highest BCUT2D eigenvalue weighted by molar-refractivity contribution is 7.85. The normalized spacial score (nSPS) is 11.3. The van der Waals surface area contributed by atoms with Crippen molar-refractivity contribution in [3.05, 3.63) is 39.7 Å². The molecule has 1 aromatic carbocycles. The molecule has 1 aromatic rings. The lowest BCUT2D eigenvalue weighted by Gasteiger charge is -2.00. The van der Waals surface area contributed by atoms with E-state index >= 15 is 0 Å². The fraction of sp³-hybridized carbons (Fsp3) is 0.143. The van der Waals surface area contributed by atoms with E-state index < -0.39 is 32.3 Å². The number of nitrogens with zero attached hydrogens (tertiary/aromatic N) is 1. The summed E-state index contributed by atoms with van der Waals surface area (Å²) >= 11 is 0. The second-order valence-corrected chi connectivity index (χ2v) is 4.18. The summed E-state index contributed by atoms with van der Waals surface area (Å²) in [5.41, 5.74) is -1.32. The van der Waals surface area contributed by atoms with Gasteiger partial charge in [-0.05, 0) is 6.07 Å². The van der Waals surface area contributed by atoms with Crippen LogP contribution in [-0.4, -0.2) is 17.9 Å². The first-order valence-corrected chi connectivity index (χ1v) is 5.29. The first kappa shape index (κ1) is 11.5. The third kappa shape index (κ3) is 2.96. The van der Waals surface area contributed by atoms with E-state index in [4.69, 9.17) is 4.55 Å². The standard InChI is InChI=1S/C7H6FNO5S/c8-6-3-1-2-5(4-15(12,13)14)7(6)9(10)11/h1-3H,4H2,(H,12,13,14). The third-order valence-corrected chi connectivity index (χ3v) is 2.27. The van der Waals surface area contributed by atoms with E-state index in [9.17, 15) is 22.9 Å². The largest absolute Gasteiger partial charge is 0.309 e. The molecule has 8 heteroatoms. The molecular weight excluding hydrogens is 229 g/mol. The molecule has 0 atom stereocenters. The van der Waals surface area contributed by atoms with Crippen molar-refractivity contribution in [2.24, 2.45) is 0 Å². The molecule has 0 radical (unpaired) electrons. The van der Waals surface area contributed by atoms with Gasteiger partial charge in [0.1, 0.15) is 5.75 Å². The molecule has 0 bridgehead atoms. The molecule has 0 heterocycles. The molecule has 0 saturated heterocycles. The van der Waals surface area contributed by atoms with Crippen LogP contribution >= 0.6 is 0 Å². The highest BCUT2D eigenvalue weighted by Gasteiger charge is 2.22. The summed E-state index contributed by atoms with van der Waals surface area (Å²) in [4.78, 5) is 9.39. The zero-order valence-electron chi connectivity index (χ0n) is 7.25. The zero-order valence-corrected chi connectivity index (χ0v) is 8.07. The minimum atomic E-state index is -4.42. The lowest BCUT2D eigenvalue weighted by atomic mass is 10.2. The zero-order chi connectivity index (χ0) is 11.6. The van der Waals surface area contributed by atoms with Crippen molar-refractivity contribution >= 4 is 15.8 Å². The van der Waals surface area contributed by atoms with Gasteiger partial charge in [-0.25, -0.2) is 0 Å². The number of benzene rings is 1. The van der Waals surface area contributed by atoms with Gasteiger partial charge in [0.15, 0.2) is 0 Å². The highest BCUT2D eigenvalue weighted by atomic mass is 32.2. The van der Waals surface area contributed by atoms with Crippen LogP contribution in [-0.2, 0) is 15.9 Å². The number of halogens is 1. The average molecular weight is 235 g/mol. The van der Waals surface area contributed by atoms with Crippen LogP contribution in [0.25, 0.3) is 0 Å². The van der Waals surface area contributed by atoms with Crippen molar-refractivity contribution in [3.8, 4) is 0 Å². The minimum Gasteiger partial charge on any atom is -0.285 e. The summed E-state index contributed by atoms with van der Waals surface area (Å²) in [6, 6.07) is 3.03. The van der Waals surface area contributed by atoms with Gasteiger partial charge < -0.3 is 0 Å². The lowest BCUT2D eigenvalue weighted by molar-refractivity contribution is -0.388. The fourth-order valence-corrected chi connectivity index (χ4v) is 1.70. The predicted molar refractivity (Wildman–Crippen MR) is 48.3 cm³/mol. The molecule has 82 valence electrons. The number of hydrogen-bond acceptors (Lipinski definition) is 4. The Labute approximate surface area is 84.2 Å². The Bertz CT molecular complexity index is 498. The van der Waals surface area contributed by atoms with Gasteiger partial charge in [0, 0.05) is 0 Å². The van der Waals surface area contributed by atoms with E-state index in [-0.39, 0.29) is 5.56 Å². The molecule has 1 rings (SSSR count). The van der Waals surface area contributed by atoms with Crippen molar-refractivity contribution in [2.45, 2.75) is 5.75 Å². The molecule has 0 aliphatic carbocycles. The van der Waals surface area contributed by atoms with Gasteiger partial charge in [0.05, 0.1) is 10.5 Å². The van der Waals surface area contributed by atoms with E-state index in [2.05, 4.69) is 0 Å². The molecule has 15 heavy (non-hydrogen) atoms. The van der Waals surface area contributed by atoms with Crippen LogP contribution in [0.2, 0.25) is 0 Å². The summed E-state index contributed by atoms with van der Waals surface area (Å²) in [6.07, 6.45) is 0. The molecule has 0 aliphatic rings. The van der Waals surface area contributed by atoms with Gasteiger partial charge in [-0.2, -0.15) is 12.8 Å². The maximum absolute atomic E-state index is 13.0. The van der Waals surface area contributed by atoms with Crippen LogP contribution in [0.4, 0.5) is 10.1 Å². The van der Waals surface area contributed by atoms with Gasteiger partial charge in [0.2, 0.25) is 5.82 Å². The molecular formula is C7H6FNO5S. The topological polar surface area (TPSA) is 97.5 Å². The van der Waals surface area contributed by atoms with E-state index in [1.807, 2.05) is 0 Å². The summed E-state index contributed by atoms with van der Waals surface area (Å²) < 4.78 is 42.4. The van der Waals surface area contributed by atoms with Crippen LogP contribution < -0.4 is 0 Å². The van der Waals surface area contributed by atoms with Crippen LogP contribution in [0.3, 0.4) is 0 Å². The van der Waals surface area contributed by atoms with Gasteiger partial charge in [-0.3, -0.25) is 14.7 Å². The Morgan fingerprint density at radius 2 is 2.07 bits per heavy atom. The maximum atomic E-state index is 13.0. The molecule has 0 saturated carbocycles. The second kappa shape index (κ2) is 3.91. The smallest absolute Gasteiger partial charge is 0.285 e. The highest BCUT2D eigenvalue weighted by Crippen LogP contribution is 2.23. The van der Waals surface area contributed by atoms with Crippen LogP contribution in [0.5, 0.6) is 0 Å². The first-order chi connectivity index (χ1) is 6.81. The van der Waals surface area contributed by atoms with Crippen LogP contribution in [0, 0.1) is 15.9 Å². The summed E-state index contributed by atoms with van der Waals surface area (Å²) in [6.45, 7) is 0. The van der Waals surface area contributed by atoms with E-state index in [1.165, 1.54) is 0 Å². The fourth-order valence-electron chi connectivity index (χ4n) is 1.08. The molecule has 0 amide bonds. The van der Waals surface area contributed by atoms with E-state index in [0.29, 0.717) is 0 Å². The number of para-hydroxylation sites is 1. The summed E-state index contributed by atoms with van der Waals surface area (Å²) in [7, 11) is -4.42. The van der Waals surface area contributed by atoms with Crippen molar-refractivity contribution in [1.82, 2.24) is 0 Å². The van der Waals surface area contributed by atoms with Crippen molar-refractivity contribution < 1.29 is 22.3 Å². The number of rotatable bonds is 3. The Morgan fingerprint density at radius 1 is 1.47 bits per heavy atom. The molecule has 0 aliphatic heterocycles. The Morgan fingerprint density at radius 3 is 2.53 bits per heavy atom. The van der Waals surface area contributed by atoms with Gasteiger partial charge in [-0.1, -0.05) is 12.1 Å². The van der Waals surface area contributed by atoms with Gasteiger partial charge >= 0.3 is 5.69 Å². The molecule has 0 fully saturated rings. The third-order valence-electron chi connectivity index (χ3n) is 1.59. The monoisotopic (exact) mass is 235 g/mol. The quantitative estimate of drug-likeness (QED) is 0.481. The van der Waals surface area contributed by atoms with Crippen LogP contribution in [0.15, 0.2) is 18.2 Å². The Hall–Kier alpha value is -1.54. The number of hydrogen-bond donors (Lipinski definition) is 1. The van der Waals surface area contributed by atoms with E-state index in [0.717, 1.165) is 18.2 Å².